The number of rotatable bonds is 10. The van der Waals surface area contributed by atoms with Crippen LogP contribution >= 0.6 is 0 Å². The largest absolute Gasteiger partial charge is 0.208 e. The summed E-state index contributed by atoms with van der Waals surface area (Å²) in [5.74, 6) is 1.90. The van der Waals surface area contributed by atoms with E-state index in [1.807, 2.05) is 72.8 Å². The summed E-state index contributed by atoms with van der Waals surface area (Å²) >= 11 is 0. The van der Waals surface area contributed by atoms with Gasteiger partial charge in [0.2, 0.25) is 0 Å². The highest BCUT2D eigenvalue weighted by molar-refractivity contribution is 6.06. The summed E-state index contributed by atoms with van der Waals surface area (Å²) in [4.78, 5) is 15.1. The van der Waals surface area contributed by atoms with Gasteiger partial charge in [0.25, 0.3) is 0 Å². The lowest BCUT2D eigenvalue weighted by molar-refractivity contribution is 1.07. The van der Waals surface area contributed by atoms with Crippen molar-refractivity contribution < 1.29 is 0 Å². The minimum absolute atomic E-state index is 0.626. The smallest absolute Gasteiger partial charge is 0.164 e. The normalized spacial score (nSPS) is 11.3. The summed E-state index contributed by atoms with van der Waals surface area (Å²) in [6, 6.07) is 72.1. The minimum atomic E-state index is 0.626. The van der Waals surface area contributed by atoms with Crippen LogP contribution in [0, 0.1) is 0 Å². The third kappa shape index (κ3) is 7.46. The molecule has 0 amide bonds. The van der Waals surface area contributed by atoms with Gasteiger partial charge in [-0.05, 0) is 79.8 Å². The second kappa shape index (κ2) is 16.8. The highest BCUT2D eigenvalue weighted by Gasteiger charge is 2.24. The van der Waals surface area contributed by atoms with E-state index < -0.39 is 0 Å². The first-order valence-corrected chi connectivity index (χ1v) is 19.9. The van der Waals surface area contributed by atoms with E-state index in [1.54, 1.807) is 0 Å². The summed E-state index contributed by atoms with van der Waals surface area (Å²) in [5.41, 5.74) is 16.4. The highest BCUT2D eigenvalue weighted by atomic mass is 15.0. The molecule has 0 saturated heterocycles. The zero-order valence-corrected chi connectivity index (χ0v) is 32.8. The van der Waals surface area contributed by atoms with Crippen molar-refractivity contribution in [1.29, 1.82) is 0 Å². The van der Waals surface area contributed by atoms with Crippen molar-refractivity contribution in [2.75, 3.05) is 0 Å². The zero-order chi connectivity index (χ0) is 40.0. The van der Waals surface area contributed by atoms with Gasteiger partial charge >= 0.3 is 0 Å². The van der Waals surface area contributed by atoms with Gasteiger partial charge in [-0.3, -0.25) is 0 Å². The SMILES string of the molecule is C=C/C(=C\C)c1cc(-c2ccc(-c3ccccc3-c3nc(-c4ccccc4)nc(-c4ccccc4)n3)cc2)c(-c2ccccc2)c(-c2ccccc2)c1-c1ccccc1. The molecule has 0 bridgehead atoms. The number of nitrogens with zero attached hydrogens (tertiary/aromatic N) is 3. The van der Waals surface area contributed by atoms with Gasteiger partial charge in [0.05, 0.1) is 0 Å². The van der Waals surface area contributed by atoms with Gasteiger partial charge in [0.15, 0.2) is 17.5 Å². The molecule has 9 aromatic rings. The molecule has 9 rings (SSSR count). The molecular formula is C56H41N3. The fourth-order valence-corrected chi connectivity index (χ4v) is 7.91. The van der Waals surface area contributed by atoms with Crippen LogP contribution in [-0.2, 0) is 0 Å². The average Bonchev–Trinajstić information content (AvgIpc) is 3.33. The molecule has 8 aromatic carbocycles. The van der Waals surface area contributed by atoms with Crippen LogP contribution in [0.3, 0.4) is 0 Å². The molecule has 0 spiro atoms. The Kier molecular flexibility index (Phi) is 10.5. The number of hydrogen-bond acceptors (Lipinski definition) is 3. The zero-order valence-electron chi connectivity index (χ0n) is 32.8. The van der Waals surface area contributed by atoms with Crippen LogP contribution in [0.5, 0.6) is 0 Å². The monoisotopic (exact) mass is 755 g/mol. The van der Waals surface area contributed by atoms with Crippen molar-refractivity contribution in [2.45, 2.75) is 6.92 Å². The summed E-state index contributed by atoms with van der Waals surface area (Å²) < 4.78 is 0. The number of allylic oxidation sites excluding steroid dienone is 3. The maximum absolute atomic E-state index is 5.07. The second-order valence-electron chi connectivity index (χ2n) is 14.3. The molecule has 0 atom stereocenters. The van der Waals surface area contributed by atoms with Gasteiger partial charge in [0.1, 0.15) is 0 Å². The van der Waals surface area contributed by atoms with Crippen molar-refractivity contribution >= 4 is 5.57 Å². The van der Waals surface area contributed by atoms with Crippen LogP contribution in [0.25, 0.3) is 95.4 Å². The van der Waals surface area contributed by atoms with E-state index in [2.05, 4.69) is 159 Å². The molecule has 0 aliphatic carbocycles. The second-order valence-corrected chi connectivity index (χ2v) is 14.3. The van der Waals surface area contributed by atoms with Crippen LogP contribution in [0.4, 0.5) is 0 Å². The predicted molar refractivity (Wildman–Crippen MR) is 247 cm³/mol. The molecule has 1 aromatic heterocycles. The van der Waals surface area contributed by atoms with Crippen molar-refractivity contribution in [3.05, 3.63) is 231 Å². The fourth-order valence-electron chi connectivity index (χ4n) is 7.91. The number of benzene rings is 8. The topological polar surface area (TPSA) is 38.7 Å². The van der Waals surface area contributed by atoms with Gasteiger partial charge in [-0.25, -0.2) is 15.0 Å². The Hall–Kier alpha value is -7.75. The quantitative estimate of drug-likeness (QED) is 0.130. The fraction of sp³-hybridized carbons (Fsp3) is 0.0179. The van der Waals surface area contributed by atoms with Gasteiger partial charge in [-0.15, -0.1) is 0 Å². The van der Waals surface area contributed by atoms with Gasteiger partial charge in [-0.2, -0.15) is 0 Å². The van der Waals surface area contributed by atoms with Crippen LogP contribution in [0.1, 0.15) is 12.5 Å². The summed E-state index contributed by atoms with van der Waals surface area (Å²) in [5, 5.41) is 0. The Morgan fingerprint density at radius 3 is 1.19 bits per heavy atom. The average molecular weight is 756 g/mol. The first-order valence-electron chi connectivity index (χ1n) is 19.9. The maximum Gasteiger partial charge on any atom is 0.164 e. The van der Waals surface area contributed by atoms with Crippen molar-refractivity contribution in [3.8, 4) is 89.8 Å². The van der Waals surface area contributed by atoms with E-state index in [0.717, 1.165) is 66.8 Å². The van der Waals surface area contributed by atoms with Crippen LogP contribution < -0.4 is 0 Å². The van der Waals surface area contributed by atoms with E-state index in [1.165, 1.54) is 16.7 Å². The van der Waals surface area contributed by atoms with Crippen molar-refractivity contribution in [3.63, 3.8) is 0 Å². The van der Waals surface area contributed by atoms with Crippen LogP contribution in [-0.4, -0.2) is 15.0 Å². The van der Waals surface area contributed by atoms with Crippen molar-refractivity contribution in [1.82, 2.24) is 15.0 Å². The Labute approximate surface area is 346 Å². The lowest BCUT2D eigenvalue weighted by Gasteiger charge is -2.25. The van der Waals surface area contributed by atoms with Crippen LogP contribution in [0.2, 0.25) is 0 Å². The molecule has 1 heterocycles. The third-order valence-corrected chi connectivity index (χ3v) is 10.7. The molecule has 0 fully saturated rings. The van der Waals surface area contributed by atoms with Crippen molar-refractivity contribution in [2.24, 2.45) is 0 Å². The molecular weight excluding hydrogens is 715 g/mol. The molecule has 0 aliphatic heterocycles. The first kappa shape index (κ1) is 36.9. The van der Waals surface area contributed by atoms with Gasteiger partial charge < -0.3 is 0 Å². The number of hydrogen-bond donors (Lipinski definition) is 0. The molecule has 0 saturated carbocycles. The van der Waals surface area contributed by atoms with E-state index in [9.17, 15) is 0 Å². The molecule has 59 heavy (non-hydrogen) atoms. The third-order valence-electron chi connectivity index (χ3n) is 10.7. The Morgan fingerprint density at radius 2 is 0.729 bits per heavy atom. The van der Waals surface area contributed by atoms with E-state index in [-0.39, 0.29) is 0 Å². The van der Waals surface area contributed by atoms with Crippen LogP contribution in [0.15, 0.2) is 225 Å². The summed E-state index contributed by atoms with van der Waals surface area (Å²) in [7, 11) is 0. The van der Waals surface area contributed by atoms with E-state index in [4.69, 9.17) is 15.0 Å². The van der Waals surface area contributed by atoms with E-state index >= 15 is 0 Å². The summed E-state index contributed by atoms with van der Waals surface area (Å²) in [6.45, 7) is 6.36. The van der Waals surface area contributed by atoms with Gasteiger partial charge in [-0.1, -0.05) is 219 Å². The Bertz CT molecular complexity index is 2850. The summed E-state index contributed by atoms with van der Waals surface area (Å²) in [6.07, 6.45) is 4.12. The Balaban J connectivity index is 1.24. The molecule has 280 valence electrons. The first-order chi connectivity index (χ1) is 29.2. The predicted octanol–water partition coefficient (Wildman–Crippen LogP) is 14.8. The molecule has 0 unspecified atom stereocenters. The molecule has 3 heteroatoms. The maximum atomic E-state index is 5.07. The molecule has 0 N–H and O–H groups in total. The van der Waals surface area contributed by atoms with E-state index in [0.29, 0.717) is 17.5 Å². The number of aromatic nitrogens is 3. The standard InChI is InChI=1S/C56H41N3/c1-3-39(4-2)49-38-50(52(43-24-12-6-13-25-43)53(44-26-14-7-15-27-44)51(49)42-22-10-5-11-23-42)41-36-34-40(35-37-41)47-32-20-21-33-48(47)56-58-54(45-28-16-8-17-29-45)57-55(59-56)46-30-18-9-19-31-46/h3-38H,1H2,2H3/b39-4+. The lowest BCUT2D eigenvalue weighted by Crippen LogP contribution is -2.01. The highest BCUT2D eigenvalue weighted by Crippen LogP contribution is 2.49. The van der Waals surface area contributed by atoms with Gasteiger partial charge in [0, 0.05) is 16.7 Å². The molecule has 0 radical (unpaired) electrons. The minimum Gasteiger partial charge on any atom is -0.208 e. The molecule has 0 aliphatic rings. The Morgan fingerprint density at radius 1 is 0.356 bits per heavy atom. The lowest BCUT2D eigenvalue weighted by atomic mass is 9.78. The molecule has 3 nitrogen and oxygen atoms in total.